The average molecular weight is 362 g/mol. The molecule has 0 bridgehead atoms. The number of benzene rings is 2. The van der Waals surface area contributed by atoms with Crippen LogP contribution in [-0.2, 0) is 0 Å². The van der Waals surface area contributed by atoms with E-state index in [1.807, 2.05) is 48.5 Å². The lowest BCUT2D eigenvalue weighted by Gasteiger charge is -2.34. The predicted octanol–water partition coefficient (Wildman–Crippen LogP) is 3.48. The summed E-state index contributed by atoms with van der Waals surface area (Å²) < 4.78 is 6.12. The topological polar surface area (TPSA) is 84.5 Å². The Balaban J connectivity index is 1.57. The first-order valence-electron chi connectivity index (χ1n) is 9.09. The quantitative estimate of drug-likeness (QED) is 0.739. The summed E-state index contributed by atoms with van der Waals surface area (Å²) in [6.07, 6.45) is 2.09. The fourth-order valence-electron chi connectivity index (χ4n) is 3.41. The van der Waals surface area contributed by atoms with E-state index >= 15 is 0 Å². The van der Waals surface area contributed by atoms with E-state index in [2.05, 4.69) is 15.1 Å². The van der Waals surface area contributed by atoms with Gasteiger partial charge in [0.05, 0.1) is 17.9 Å². The number of nitrogens with two attached hydrogens (primary N) is 1. The normalized spacial score (nSPS) is 16.9. The molecule has 1 fully saturated rings. The number of aromatic nitrogens is 2. The summed E-state index contributed by atoms with van der Waals surface area (Å²) in [6, 6.07) is 18.8. The maximum absolute atomic E-state index is 10.1. The zero-order chi connectivity index (χ0) is 18.6. The van der Waals surface area contributed by atoms with Crippen molar-refractivity contribution >= 4 is 11.5 Å². The van der Waals surface area contributed by atoms with Crippen molar-refractivity contribution < 1.29 is 9.84 Å². The second-order valence-electron chi connectivity index (χ2n) is 6.66. The first kappa shape index (κ1) is 17.1. The molecule has 1 saturated heterocycles. The Kier molecular flexibility index (Phi) is 4.78. The fraction of sp³-hybridized carbons (Fsp3) is 0.238. The van der Waals surface area contributed by atoms with Crippen LogP contribution in [0.2, 0.25) is 0 Å². The fourth-order valence-corrected chi connectivity index (χ4v) is 3.41. The number of anilines is 2. The molecule has 0 amide bonds. The van der Waals surface area contributed by atoms with E-state index in [1.165, 1.54) is 0 Å². The first-order chi connectivity index (χ1) is 13.2. The van der Waals surface area contributed by atoms with Crippen LogP contribution in [-0.4, -0.2) is 34.5 Å². The van der Waals surface area contributed by atoms with Gasteiger partial charge in [-0.2, -0.15) is 0 Å². The summed E-state index contributed by atoms with van der Waals surface area (Å²) in [6.45, 7) is 1.61. The lowest BCUT2D eigenvalue weighted by molar-refractivity contribution is 0.179. The van der Waals surface area contributed by atoms with Crippen LogP contribution in [0.3, 0.4) is 0 Å². The van der Waals surface area contributed by atoms with Gasteiger partial charge in [0.25, 0.3) is 0 Å². The number of piperidine rings is 1. The van der Waals surface area contributed by atoms with Crippen LogP contribution in [0.4, 0.5) is 11.5 Å². The van der Waals surface area contributed by atoms with Gasteiger partial charge in [-0.05, 0) is 43.2 Å². The van der Waals surface area contributed by atoms with E-state index < -0.39 is 0 Å². The Morgan fingerprint density at radius 2 is 1.81 bits per heavy atom. The van der Waals surface area contributed by atoms with Gasteiger partial charge < -0.3 is 20.5 Å². The highest BCUT2D eigenvalue weighted by Gasteiger charge is 2.24. The summed E-state index contributed by atoms with van der Waals surface area (Å²) in [5.41, 5.74) is 8.18. The minimum Gasteiger partial charge on any atom is -0.507 e. The molecule has 27 heavy (non-hydrogen) atoms. The highest BCUT2D eigenvalue weighted by Crippen LogP contribution is 2.32. The molecule has 6 heteroatoms. The van der Waals surface area contributed by atoms with Gasteiger partial charge >= 0.3 is 0 Å². The predicted molar refractivity (Wildman–Crippen MR) is 106 cm³/mol. The molecule has 2 aromatic carbocycles. The smallest absolute Gasteiger partial charge is 0.169 e. The molecule has 6 nitrogen and oxygen atoms in total. The molecule has 0 saturated carbocycles. The van der Waals surface area contributed by atoms with Crippen molar-refractivity contribution in [1.82, 2.24) is 10.2 Å². The monoisotopic (exact) mass is 362 g/mol. The summed E-state index contributed by atoms with van der Waals surface area (Å²) >= 11 is 0. The van der Waals surface area contributed by atoms with E-state index in [4.69, 9.17) is 10.5 Å². The Hall–Kier alpha value is -3.28. The number of aromatic hydroxyl groups is 1. The maximum Gasteiger partial charge on any atom is 0.169 e. The minimum absolute atomic E-state index is 0.0855. The van der Waals surface area contributed by atoms with Crippen LogP contribution >= 0.6 is 0 Å². The second-order valence-corrected chi connectivity index (χ2v) is 6.66. The average Bonchev–Trinajstić information content (AvgIpc) is 2.70. The van der Waals surface area contributed by atoms with E-state index in [0.29, 0.717) is 17.1 Å². The molecule has 138 valence electrons. The van der Waals surface area contributed by atoms with Gasteiger partial charge in [-0.3, -0.25) is 0 Å². The molecule has 1 aromatic heterocycles. The second kappa shape index (κ2) is 7.53. The van der Waals surface area contributed by atoms with Gasteiger partial charge in [0.1, 0.15) is 17.6 Å². The molecule has 3 N–H and O–H groups in total. The third-order valence-electron chi connectivity index (χ3n) is 4.75. The Morgan fingerprint density at radius 3 is 2.63 bits per heavy atom. The third-order valence-corrected chi connectivity index (χ3v) is 4.75. The Bertz CT molecular complexity index is 917. The first-order valence-corrected chi connectivity index (χ1v) is 9.09. The van der Waals surface area contributed by atoms with Crippen LogP contribution < -0.4 is 15.4 Å². The van der Waals surface area contributed by atoms with Crippen molar-refractivity contribution in [3.05, 3.63) is 60.7 Å². The number of nitrogens with zero attached hydrogens (tertiary/aromatic N) is 3. The molecule has 1 atom stereocenters. The van der Waals surface area contributed by atoms with Crippen LogP contribution in [0.5, 0.6) is 11.5 Å². The number of phenols is 1. The van der Waals surface area contributed by atoms with Gasteiger partial charge in [-0.25, -0.2) is 0 Å². The SMILES string of the molecule is Nc1nnc(-c2ccccc2O)cc1N1CCC[C@@H](Oc2ccccc2)C1. The van der Waals surface area contributed by atoms with Crippen molar-refractivity contribution in [3.8, 4) is 22.8 Å². The highest BCUT2D eigenvalue weighted by atomic mass is 16.5. The number of hydrogen-bond acceptors (Lipinski definition) is 6. The van der Waals surface area contributed by atoms with Crippen molar-refractivity contribution in [3.63, 3.8) is 0 Å². The summed E-state index contributed by atoms with van der Waals surface area (Å²) in [5.74, 6) is 1.43. The number of hydrogen-bond donors (Lipinski definition) is 2. The van der Waals surface area contributed by atoms with Gasteiger partial charge in [0.15, 0.2) is 5.82 Å². The van der Waals surface area contributed by atoms with E-state index in [9.17, 15) is 5.11 Å². The molecule has 1 aliphatic rings. The van der Waals surface area contributed by atoms with E-state index in [0.717, 1.165) is 37.4 Å². The molecule has 0 spiro atoms. The largest absolute Gasteiger partial charge is 0.507 e. The van der Waals surface area contributed by atoms with E-state index in [1.54, 1.807) is 12.1 Å². The maximum atomic E-state index is 10.1. The van der Waals surface area contributed by atoms with Crippen molar-refractivity contribution in [2.45, 2.75) is 18.9 Å². The summed E-state index contributed by atoms with van der Waals surface area (Å²) in [5, 5.41) is 18.4. The van der Waals surface area contributed by atoms with Gasteiger partial charge in [-0.1, -0.05) is 30.3 Å². The lowest BCUT2D eigenvalue weighted by Crippen LogP contribution is -2.41. The Labute approximate surface area is 158 Å². The van der Waals surface area contributed by atoms with Crippen molar-refractivity contribution in [2.75, 3.05) is 23.7 Å². The standard InChI is InChI=1S/C21H22N4O2/c22-21-19(13-18(23-24-21)17-10-4-5-11-20(17)26)25-12-6-9-16(14-25)27-15-7-2-1-3-8-15/h1-5,7-8,10-11,13,16,26H,6,9,12,14H2,(H2,22,24)/t16-/m1/s1. The highest BCUT2D eigenvalue weighted by molar-refractivity contribution is 5.74. The summed E-state index contributed by atoms with van der Waals surface area (Å²) in [7, 11) is 0. The molecule has 2 heterocycles. The third kappa shape index (κ3) is 3.79. The van der Waals surface area contributed by atoms with Gasteiger partial charge in [-0.15, -0.1) is 10.2 Å². The molecular weight excluding hydrogens is 340 g/mol. The van der Waals surface area contributed by atoms with Crippen LogP contribution in [0.1, 0.15) is 12.8 Å². The molecule has 1 aliphatic heterocycles. The molecule has 4 rings (SSSR count). The van der Waals surface area contributed by atoms with Gasteiger partial charge in [0, 0.05) is 12.1 Å². The van der Waals surface area contributed by atoms with Crippen molar-refractivity contribution in [2.24, 2.45) is 0 Å². The van der Waals surface area contributed by atoms with Crippen molar-refractivity contribution in [1.29, 1.82) is 0 Å². The number of ether oxygens (including phenoxy) is 1. The minimum atomic E-state index is 0.0855. The van der Waals surface area contributed by atoms with E-state index in [-0.39, 0.29) is 11.9 Å². The molecule has 0 unspecified atom stereocenters. The Morgan fingerprint density at radius 1 is 1.04 bits per heavy atom. The zero-order valence-corrected chi connectivity index (χ0v) is 15.0. The number of nitrogen functional groups attached to an aromatic ring is 1. The molecule has 3 aromatic rings. The number of rotatable bonds is 4. The van der Waals surface area contributed by atoms with Crippen LogP contribution in [0.25, 0.3) is 11.3 Å². The van der Waals surface area contributed by atoms with Gasteiger partial charge in [0.2, 0.25) is 0 Å². The number of para-hydroxylation sites is 2. The molecule has 0 radical (unpaired) electrons. The van der Waals surface area contributed by atoms with Crippen LogP contribution in [0.15, 0.2) is 60.7 Å². The zero-order valence-electron chi connectivity index (χ0n) is 15.0. The lowest BCUT2D eigenvalue weighted by atomic mass is 10.1. The molecule has 0 aliphatic carbocycles. The number of phenolic OH excluding ortho intramolecular Hbond substituents is 1. The summed E-state index contributed by atoms with van der Waals surface area (Å²) in [4.78, 5) is 2.19. The molecular formula is C21H22N4O2. The van der Waals surface area contributed by atoms with Crippen LogP contribution in [0, 0.1) is 0 Å².